The fourth-order valence-corrected chi connectivity index (χ4v) is 2.89. The summed E-state index contributed by atoms with van der Waals surface area (Å²) in [4.78, 5) is 0. The van der Waals surface area contributed by atoms with Gasteiger partial charge < -0.3 is 0 Å². The standard InChI is InChI=1S/C6H10O6S3/c1-2-3-6(14(9)10,15(11)12)4-5-13(7)8/h2,4-5,13-15H,1,3H2. The van der Waals surface area contributed by atoms with Crippen LogP contribution >= 0.6 is 0 Å². The molecular formula is C6H10O6S3. The highest BCUT2D eigenvalue weighted by molar-refractivity contribution is 7.93. The molecule has 0 saturated carbocycles. The molecule has 0 aromatic carbocycles. The third-order valence-corrected chi connectivity index (χ3v) is 4.84. The highest BCUT2D eigenvalue weighted by Crippen LogP contribution is 2.19. The van der Waals surface area contributed by atoms with E-state index in [-0.39, 0.29) is 6.42 Å². The van der Waals surface area contributed by atoms with E-state index in [9.17, 15) is 25.3 Å². The Bertz CT molecular complexity index is 433. The van der Waals surface area contributed by atoms with Crippen molar-refractivity contribution in [1.29, 1.82) is 0 Å². The highest BCUT2D eigenvalue weighted by atomic mass is 32.2. The van der Waals surface area contributed by atoms with Crippen LogP contribution in [0.4, 0.5) is 0 Å². The van der Waals surface area contributed by atoms with Crippen LogP contribution in [0.2, 0.25) is 0 Å². The predicted molar refractivity (Wildman–Crippen MR) is 57.6 cm³/mol. The van der Waals surface area contributed by atoms with Gasteiger partial charge in [0.05, 0.1) is 0 Å². The molecule has 0 amide bonds. The van der Waals surface area contributed by atoms with Gasteiger partial charge in [0, 0.05) is 11.8 Å². The van der Waals surface area contributed by atoms with Crippen molar-refractivity contribution in [3.8, 4) is 0 Å². The summed E-state index contributed by atoms with van der Waals surface area (Å²) in [6.45, 7) is 3.22. The first-order chi connectivity index (χ1) is 6.86. The molecule has 0 aliphatic rings. The molecule has 0 spiro atoms. The minimum absolute atomic E-state index is 0.385. The van der Waals surface area contributed by atoms with Crippen molar-refractivity contribution in [3.05, 3.63) is 24.1 Å². The van der Waals surface area contributed by atoms with Gasteiger partial charge in [-0.25, -0.2) is 25.3 Å². The van der Waals surface area contributed by atoms with Gasteiger partial charge in [0.25, 0.3) is 0 Å². The van der Waals surface area contributed by atoms with E-state index in [0.29, 0.717) is 11.5 Å². The summed E-state index contributed by atoms with van der Waals surface area (Å²) in [5.74, 6) is 0. The van der Waals surface area contributed by atoms with Gasteiger partial charge in [-0.1, -0.05) is 6.08 Å². The lowest BCUT2D eigenvalue weighted by molar-refractivity contribution is 0.582. The van der Waals surface area contributed by atoms with Crippen LogP contribution in [0.3, 0.4) is 0 Å². The van der Waals surface area contributed by atoms with E-state index < -0.39 is 36.2 Å². The van der Waals surface area contributed by atoms with E-state index in [4.69, 9.17) is 0 Å². The summed E-state index contributed by atoms with van der Waals surface area (Å²) in [6.07, 6.45) is 1.35. The van der Waals surface area contributed by atoms with E-state index in [1.165, 1.54) is 0 Å². The molecule has 0 rings (SSSR count). The Morgan fingerprint density at radius 3 is 1.73 bits per heavy atom. The number of hydrogen-bond donors (Lipinski definition) is 3. The number of thiol groups is 3. The molecule has 6 nitrogen and oxygen atoms in total. The quantitative estimate of drug-likeness (QED) is 0.407. The van der Waals surface area contributed by atoms with Crippen molar-refractivity contribution >= 4 is 32.1 Å². The molecule has 0 fully saturated rings. The van der Waals surface area contributed by atoms with Gasteiger partial charge in [-0.15, -0.1) is 6.58 Å². The van der Waals surface area contributed by atoms with Crippen LogP contribution in [-0.2, 0) is 32.1 Å². The fraction of sp³-hybridized carbons (Fsp3) is 0.333. The first kappa shape index (κ1) is 14.3. The average molecular weight is 274 g/mol. The molecular weight excluding hydrogens is 264 g/mol. The van der Waals surface area contributed by atoms with Crippen molar-refractivity contribution in [1.82, 2.24) is 0 Å². The Labute approximate surface area is 92.2 Å². The summed E-state index contributed by atoms with van der Waals surface area (Å²) in [7, 11) is -9.67. The molecule has 0 bridgehead atoms. The fourth-order valence-electron chi connectivity index (χ4n) is 0.798. The second-order valence-electron chi connectivity index (χ2n) is 2.49. The molecule has 0 aliphatic heterocycles. The number of hydrogen-bond acceptors (Lipinski definition) is 6. The zero-order valence-corrected chi connectivity index (χ0v) is 10.1. The van der Waals surface area contributed by atoms with Crippen LogP contribution in [0, 0.1) is 0 Å². The van der Waals surface area contributed by atoms with Gasteiger partial charge in [-0.05, 0) is 6.08 Å². The highest BCUT2D eigenvalue weighted by Gasteiger charge is 2.33. The Kier molecular flexibility index (Phi) is 5.76. The topological polar surface area (TPSA) is 102 Å². The molecule has 0 radical (unpaired) electrons. The molecule has 15 heavy (non-hydrogen) atoms. The van der Waals surface area contributed by atoms with Crippen molar-refractivity contribution in [2.24, 2.45) is 0 Å². The second-order valence-corrected chi connectivity index (χ2v) is 6.33. The number of allylic oxidation sites excluding steroid dienone is 1. The van der Waals surface area contributed by atoms with E-state index in [1.807, 2.05) is 0 Å². The Hall–Kier alpha value is -0.670. The van der Waals surface area contributed by atoms with Crippen LogP contribution in [0.1, 0.15) is 6.42 Å². The average Bonchev–Trinajstić information content (AvgIpc) is 2.10. The molecule has 0 unspecified atom stereocenters. The molecule has 0 aromatic heterocycles. The zero-order chi connectivity index (χ0) is 12.1. The number of rotatable bonds is 6. The Balaban J connectivity index is 5.62. The summed E-state index contributed by atoms with van der Waals surface area (Å²) >= 11 is 0. The van der Waals surface area contributed by atoms with Gasteiger partial charge in [0.2, 0.25) is 0 Å². The largest absolute Gasteiger partial charge is 0.230 e. The van der Waals surface area contributed by atoms with Crippen LogP contribution < -0.4 is 0 Å². The molecule has 88 valence electrons. The van der Waals surface area contributed by atoms with Gasteiger partial charge in [0.1, 0.15) is 0 Å². The monoisotopic (exact) mass is 274 g/mol. The third kappa shape index (κ3) is 3.76. The Morgan fingerprint density at radius 1 is 1.00 bits per heavy atom. The van der Waals surface area contributed by atoms with Crippen LogP contribution in [-0.4, -0.2) is 29.3 Å². The van der Waals surface area contributed by atoms with E-state index >= 15 is 0 Å². The van der Waals surface area contributed by atoms with Gasteiger partial charge in [0.15, 0.2) is 36.2 Å². The van der Waals surface area contributed by atoms with Gasteiger partial charge >= 0.3 is 0 Å². The second kappa shape index (κ2) is 6.03. The summed E-state index contributed by atoms with van der Waals surface area (Å²) in [5.41, 5.74) is 0. The lowest BCUT2D eigenvalue weighted by Gasteiger charge is -2.13. The first-order valence-corrected chi connectivity index (χ1v) is 7.19. The first-order valence-electron chi connectivity index (χ1n) is 3.59. The maximum atomic E-state index is 10.8. The maximum Gasteiger partial charge on any atom is 0.190 e. The predicted octanol–water partition coefficient (Wildman–Crippen LogP) is -1.39. The molecule has 0 saturated heterocycles. The zero-order valence-electron chi connectivity index (χ0n) is 7.44. The van der Waals surface area contributed by atoms with Crippen molar-refractivity contribution in [2.45, 2.75) is 10.5 Å². The molecule has 0 aromatic rings. The molecule has 0 atom stereocenters. The van der Waals surface area contributed by atoms with Crippen molar-refractivity contribution in [2.75, 3.05) is 0 Å². The lowest BCUT2D eigenvalue weighted by atomic mass is 10.3. The minimum atomic E-state index is -3.35. The molecule has 9 heteroatoms. The summed E-state index contributed by atoms with van der Waals surface area (Å²) in [6, 6.07) is 0. The van der Waals surface area contributed by atoms with E-state index in [0.717, 1.165) is 6.08 Å². The SMILES string of the molecule is C=CCC(C=C[SH](=O)=O)([SH](=O)=O)[SH](=O)=O. The third-order valence-electron chi connectivity index (χ3n) is 1.54. The van der Waals surface area contributed by atoms with Crippen LogP contribution in [0.25, 0.3) is 0 Å². The smallest absolute Gasteiger partial charge is 0.190 e. The summed E-state index contributed by atoms with van der Waals surface area (Å²) in [5, 5.41) is 0.523. The maximum absolute atomic E-state index is 10.8. The molecule has 0 N–H and O–H groups in total. The van der Waals surface area contributed by atoms with Gasteiger partial charge in [-0.2, -0.15) is 0 Å². The van der Waals surface area contributed by atoms with Crippen molar-refractivity contribution in [3.63, 3.8) is 0 Å². The molecule has 0 aliphatic carbocycles. The summed E-state index contributed by atoms with van der Waals surface area (Å²) < 4.78 is 61.6. The van der Waals surface area contributed by atoms with Gasteiger partial charge in [-0.3, -0.25) is 0 Å². The van der Waals surface area contributed by atoms with Crippen LogP contribution in [0.15, 0.2) is 24.1 Å². The lowest BCUT2D eigenvalue weighted by Crippen LogP contribution is -2.29. The Morgan fingerprint density at radius 2 is 1.47 bits per heavy atom. The van der Waals surface area contributed by atoms with E-state index in [2.05, 4.69) is 6.58 Å². The normalized spacial score (nSPS) is 13.0. The molecule has 0 heterocycles. The van der Waals surface area contributed by atoms with E-state index in [1.54, 1.807) is 0 Å². The minimum Gasteiger partial charge on any atom is -0.230 e. The van der Waals surface area contributed by atoms with Crippen molar-refractivity contribution < 1.29 is 25.3 Å². The van der Waals surface area contributed by atoms with Crippen LogP contribution in [0.5, 0.6) is 0 Å².